The number of carbonyl (C=O) groups is 2. The number of nitrogens with zero attached hydrogens (tertiary/aromatic N) is 1. The number of ether oxygens (including phenoxy) is 2. The van der Waals surface area contributed by atoms with Gasteiger partial charge in [0, 0.05) is 17.7 Å². The number of amides is 1. The molecular weight excluding hydrogens is 442 g/mol. The molecule has 0 saturated heterocycles. The Hall–Kier alpha value is -4.39. The first-order valence-electron chi connectivity index (χ1n) is 11.3. The quantitative estimate of drug-likeness (QED) is 0.279. The van der Waals surface area contributed by atoms with Gasteiger partial charge in [-0.1, -0.05) is 54.6 Å². The Bertz CT molecular complexity index is 1250. The van der Waals surface area contributed by atoms with Crippen LogP contribution in [-0.4, -0.2) is 31.4 Å². The minimum Gasteiger partial charge on any atom is -0.498 e. The van der Waals surface area contributed by atoms with Gasteiger partial charge in [-0.25, -0.2) is 0 Å². The van der Waals surface area contributed by atoms with Gasteiger partial charge in [-0.05, 0) is 47.4 Å². The highest BCUT2D eigenvalue weighted by Gasteiger charge is 2.33. The predicted molar refractivity (Wildman–Crippen MR) is 135 cm³/mol. The van der Waals surface area contributed by atoms with E-state index in [-0.39, 0.29) is 30.7 Å². The van der Waals surface area contributed by atoms with Crippen LogP contribution in [0.5, 0.6) is 0 Å². The Morgan fingerprint density at radius 3 is 2.29 bits per heavy atom. The third-order valence-corrected chi connectivity index (χ3v) is 5.88. The number of nitrogens with one attached hydrogen (secondary N) is 1. The predicted octanol–water partition coefficient (Wildman–Crippen LogP) is 4.05. The Morgan fingerprint density at radius 2 is 1.66 bits per heavy atom. The molecule has 0 unspecified atom stereocenters. The molecule has 7 heteroatoms. The molecule has 1 aliphatic heterocycles. The molecule has 35 heavy (non-hydrogen) atoms. The molecule has 7 nitrogen and oxygen atoms in total. The van der Waals surface area contributed by atoms with Gasteiger partial charge in [0.15, 0.2) is 0 Å². The number of amidine groups is 1. The van der Waals surface area contributed by atoms with Gasteiger partial charge in [-0.2, -0.15) is 0 Å². The van der Waals surface area contributed by atoms with E-state index >= 15 is 0 Å². The van der Waals surface area contributed by atoms with Crippen LogP contribution in [0.15, 0.2) is 84.6 Å². The topological polar surface area (TPSA) is 106 Å². The lowest BCUT2D eigenvalue weighted by atomic mass is 10.0. The number of anilines is 1. The van der Waals surface area contributed by atoms with E-state index in [0.29, 0.717) is 35.5 Å². The van der Waals surface area contributed by atoms with Crippen LogP contribution in [0.4, 0.5) is 5.69 Å². The molecule has 1 heterocycles. The fourth-order valence-corrected chi connectivity index (χ4v) is 3.92. The van der Waals surface area contributed by atoms with Crippen LogP contribution < -0.4 is 10.6 Å². The fraction of sp³-hybridized carbons (Fsp3) is 0.179. The standard InChI is InChI=1S/C28H27N3O4/c1-34-24-17-31(23-14-12-22(13-15-23)27(29)30)28(33)26(24)21-10-7-19(8-11-21)9-16-25(32)35-18-20-5-3-2-4-6-20/h2-8,10-15H,9,16-18H2,1H3,(H3,29,30). The molecule has 178 valence electrons. The van der Waals surface area contributed by atoms with E-state index in [4.69, 9.17) is 20.6 Å². The van der Waals surface area contributed by atoms with Crippen molar-refractivity contribution in [3.05, 3.63) is 107 Å². The molecule has 0 radical (unpaired) electrons. The third-order valence-electron chi connectivity index (χ3n) is 5.88. The number of nitrogens with two attached hydrogens (primary N) is 1. The van der Waals surface area contributed by atoms with E-state index in [2.05, 4.69) is 0 Å². The molecule has 3 aromatic rings. The first kappa shape index (κ1) is 23.8. The maximum atomic E-state index is 13.2. The maximum absolute atomic E-state index is 13.2. The Balaban J connectivity index is 1.38. The van der Waals surface area contributed by atoms with Crippen molar-refractivity contribution < 1.29 is 19.1 Å². The second kappa shape index (κ2) is 10.7. The van der Waals surface area contributed by atoms with Gasteiger partial charge in [-0.3, -0.25) is 15.0 Å². The number of hydrogen-bond acceptors (Lipinski definition) is 5. The molecular formula is C28H27N3O4. The summed E-state index contributed by atoms with van der Waals surface area (Å²) >= 11 is 0. The summed E-state index contributed by atoms with van der Waals surface area (Å²) in [4.78, 5) is 27.0. The molecule has 3 aromatic carbocycles. The lowest BCUT2D eigenvalue weighted by Gasteiger charge is -2.17. The Labute approximate surface area is 204 Å². The zero-order valence-corrected chi connectivity index (χ0v) is 19.5. The van der Waals surface area contributed by atoms with E-state index < -0.39 is 0 Å². The second-order valence-corrected chi connectivity index (χ2v) is 8.20. The number of rotatable bonds is 9. The Kier molecular flexibility index (Phi) is 7.26. The zero-order chi connectivity index (χ0) is 24.8. The van der Waals surface area contributed by atoms with Crippen molar-refractivity contribution in [3.8, 4) is 0 Å². The van der Waals surface area contributed by atoms with Crippen molar-refractivity contribution in [1.82, 2.24) is 0 Å². The average Bonchev–Trinajstić information content (AvgIpc) is 3.23. The van der Waals surface area contributed by atoms with E-state index in [1.54, 1.807) is 36.3 Å². The molecule has 0 atom stereocenters. The molecule has 4 rings (SSSR count). The summed E-state index contributed by atoms with van der Waals surface area (Å²) in [5.41, 5.74) is 10.0. The van der Waals surface area contributed by atoms with Crippen molar-refractivity contribution in [2.75, 3.05) is 18.6 Å². The van der Waals surface area contributed by atoms with Crippen LogP contribution in [0.1, 0.15) is 28.7 Å². The molecule has 0 spiro atoms. The summed E-state index contributed by atoms with van der Waals surface area (Å²) in [7, 11) is 1.56. The smallest absolute Gasteiger partial charge is 0.306 e. The van der Waals surface area contributed by atoms with Gasteiger partial charge in [0.05, 0.1) is 19.2 Å². The van der Waals surface area contributed by atoms with Crippen molar-refractivity contribution in [2.24, 2.45) is 5.73 Å². The first-order valence-corrected chi connectivity index (χ1v) is 11.3. The van der Waals surface area contributed by atoms with Gasteiger partial charge in [-0.15, -0.1) is 0 Å². The van der Waals surface area contributed by atoms with Crippen LogP contribution >= 0.6 is 0 Å². The van der Waals surface area contributed by atoms with E-state index in [0.717, 1.165) is 16.7 Å². The number of carbonyl (C=O) groups excluding carboxylic acids is 2. The molecule has 0 fully saturated rings. The van der Waals surface area contributed by atoms with Gasteiger partial charge in [0.1, 0.15) is 18.2 Å². The third kappa shape index (κ3) is 5.58. The van der Waals surface area contributed by atoms with E-state index in [9.17, 15) is 9.59 Å². The average molecular weight is 470 g/mol. The molecule has 0 bridgehead atoms. The second-order valence-electron chi connectivity index (χ2n) is 8.20. The molecule has 0 aromatic heterocycles. The lowest BCUT2D eigenvalue weighted by molar-refractivity contribution is -0.144. The van der Waals surface area contributed by atoms with Crippen molar-refractivity contribution in [2.45, 2.75) is 19.4 Å². The number of hydrogen-bond donors (Lipinski definition) is 2. The largest absolute Gasteiger partial charge is 0.498 e. The first-order chi connectivity index (χ1) is 17.0. The van der Waals surface area contributed by atoms with Crippen molar-refractivity contribution in [3.63, 3.8) is 0 Å². The van der Waals surface area contributed by atoms with E-state index in [1.165, 1.54) is 0 Å². The summed E-state index contributed by atoms with van der Waals surface area (Å²) in [6.45, 7) is 0.585. The van der Waals surface area contributed by atoms with Crippen LogP contribution in [0.3, 0.4) is 0 Å². The van der Waals surface area contributed by atoms with Gasteiger partial charge < -0.3 is 20.1 Å². The summed E-state index contributed by atoms with van der Waals surface area (Å²) in [5, 5.41) is 7.53. The molecule has 3 N–H and O–H groups in total. The fourth-order valence-electron chi connectivity index (χ4n) is 3.92. The lowest BCUT2D eigenvalue weighted by Crippen LogP contribution is -2.26. The SMILES string of the molecule is COC1=C(c2ccc(CCC(=O)OCc3ccccc3)cc2)C(=O)N(c2ccc(C(=N)N)cc2)C1. The summed E-state index contributed by atoms with van der Waals surface area (Å²) in [5.74, 6) is 0.155. The molecule has 0 aliphatic carbocycles. The van der Waals surface area contributed by atoms with Crippen LogP contribution in [0.25, 0.3) is 5.57 Å². The summed E-state index contributed by atoms with van der Waals surface area (Å²) < 4.78 is 10.9. The normalized spacial score (nSPS) is 13.2. The summed E-state index contributed by atoms with van der Waals surface area (Å²) in [6, 6.07) is 24.1. The highest BCUT2D eigenvalue weighted by molar-refractivity contribution is 6.29. The highest BCUT2D eigenvalue weighted by atomic mass is 16.5. The van der Waals surface area contributed by atoms with Crippen LogP contribution in [-0.2, 0) is 32.1 Å². The number of methoxy groups -OCH3 is 1. The molecule has 0 saturated carbocycles. The van der Waals surface area contributed by atoms with Crippen LogP contribution in [0.2, 0.25) is 0 Å². The van der Waals surface area contributed by atoms with Gasteiger partial charge in [0.2, 0.25) is 0 Å². The molecule has 1 amide bonds. The van der Waals surface area contributed by atoms with Crippen molar-refractivity contribution in [1.29, 1.82) is 5.41 Å². The minimum absolute atomic E-state index is 0.0229. The van der Waals surface area contributed by atoms with Gasteiger partial charge in [0.25, 0.3) is 5.91 Å². The number of nitrogen functional groups attached to an aromatic ring is 1. The van der Waals surface area contributed by atoms with Gasteiger partial charge >= 0.3 is 5.97 Å². The molecule has 1 aliphatic rings. The highest BCUT2D eigenvalue weighted by Crippen LogP contribution is 2.32. The number of esters is 1. The minimum atomic E-state index is -0.250. The Morgan fingerprint density at radius 1 is 0.971 bits per heavy atom. The number of benzene rings is 3. The maximum Gasteiger partial charge on any atom is 0.306 e. The summed E-state index contributed by atoms with van der Waals surface area (Å²) in [6.07, 6.45) is 0.827. The number of aryl methyl sites for hydroxylation is 1. The van der Waals surface area contributed by atoms with E-state index in [1.807, 2.05) is 54.6 Å². The zero-order valence-electron chi connectivity index (χ0n) is 19.5. The monoisotopic (exact) mass is 469 g/mol. The van der Waals surface area contributed by atoms with Crippen LogP contribution in [0, 0.1) is 5.41 Å². The van der Waals surface area contributed by atoms with Crippen molar-refractivity contribution >= 4 is 29.0 Å².